The standard InChI is InChI=1S/C33H44INO7/c1-5-9-20(14-21-15-25(34)31(38)27(16-21)41-4)11-12-26-29-22(19(2)3)17-23-30(24(29)18-42-26)33(40)35(32(23)39)13-8-6-7-10-28(36)37/h14-16,19,23-24,26,30,38H,5-13,17-18H2,1-4H3,(H,36,37)/b20-14+/t23-,24+,26-,30-/m1/s1. The summed E-state index contributed by atoms with van der Waals surface area (Å²) in [5, 5.41) is 19.1. The number of phenolic OH excluding ortho intramolecular Hbond substituents is 1. The summed E-state index contributed by atoms with van der Waals surface area (Å²) < 4.78 is 12.5. The lowest BCUT2D eigenvalue weighted by molar-refractivity contribution is -0.141. The van der Waals surface area contributed by atoms with Crippen LogP contribution in [-0.4, -0.2) is 59.3 Å². The van der Waals surface area contributed by atoms with Crippen molar-refractivity contribution in [3.8, 4) is 11.5 Å². The Morgan fingerprint density at radius 2 is 1.90 bits per heavy atom. The number of phenols is 1. The zero-order chi connectivity index (χ0) is 30.6. The second-order valence-corrected chi connectivity index (χ2v) is 13.2. The van der Waals surface area contributed by atoms with Crippen molar-refractivity contribution in [3.63, 3.8) is 0 Å². The Kier molecular flexibility index (Phi) is 11.1. The van der Waals surface area contributed by atoms with Gasteiger partial charge in [0.05, 0.1) is 35.2 Å². The molecule has 9 heteroatoms. The molecule has 0 unspecified atom stereocenters. The first-order valence-corrected chi connectivity index (χ1v) is 16.3. The van der Waals surface area contributed by atoms with Crippen molar-refractivity contribution in [3.05, 3.63) is 38.0 Å². The van der Waals surface area contributed by atoms with Gasteiger partial charge in [0.25, 0.3) is 0 Å². The van der Waals surface area contributed by atoms with Crippen LogP contribution in [0.25, 0.3) is 6.08 Å². The summed E-state index contributed by atoms with van der Waals surface area (Å²) in [6.07, 6.45) is 8.31. The number of aromatic hydroxyl groups is 1. The average molecular weight is 694 g/mol. The van der Waals surface area contributed by atoms with Gasteiger partial charge in [0.2, 0.25) is 11.8 Å². The molecule has 2 amide bonds. The SMILES string of the molecule is CCC/C(=C\c1cc(I)c(O)c(OC)c1)CC[C@H]1OC[C@H]2C1=C(C(C)C)C[C@H]1C(=O)N(CCCCCC(=O)O)C(=O)[C@H]12. The van der Waals surface area contributed by atoms with Gasteiger partial charge >= 0.3 is 5.97 Å². The molecular formula is C33H44INO7. The van der Waals surface area contributed by atoms with Gasteiger partial charge in [-0.15, -0.1) is 0 Å². The molecule has 2 saturated heterocycles. The van der Waals surface area contributed by atoms with E-state index in [1.54, 1.807) is 7.11 Å². The number of benzene rings is 1. The molecule has 230 valence electrons. The number of carbonyl (C=O) groups excluding carboxylic acids is 2. The highest BCUT2D eigenvalue weighted by Crippen LogP contribution is 2.51. The maximum atomic E-state index is 13.6. The first-order chi connectivity index (χ1) is 20.1. The number of rotatable bonds is 14. The Hall–Kier alpha value is -2.40. The quantitative estimate of drug-likeness (QED) is 0.0979. The highest BCUT2D eigenvalue weighted by molar-refractivity contribution is 14.1. The van der Waals surface area contributed by atoms with E-state index < -0.39 is 5.97 Å². The van der Waals surface area contributed by atoms with Crippen LogP contribution in [0.15, 0.2) is 28.9 Å². The Morgan fingerprint density at radius 1 is 1.14 bits per heavy atom. The molecule has 4 atom stereocenters. The van der Waals surface area contributed by atoms with Crippen LogP contribution >= 0.6 is 22.6 Å². The summed E-state index contributed by atoms with van der Waals surface area (Å²) in [5.74, 6) is -0.866. The van der Waals surface area contributed by atoms with Gasteiger partial charge in [-0.25, -0.2) is 0 Å². The van der Waals surface area contributed by atoms with Gasteiger partial charge in [-0.3, -0.25) is 19.3 Å². The molecule has 8 nitrogen and oxygen atoms in total. The smallest absolute Gasteiger partial charge is 0.303 e. The lowest BCUT2D eigenvalue weighted by atomic mass is 9.67. The number of carboxylic acid groups (broad SMARTS) is 1. The van der Waals surface area contributed by atoms with Gasteiger partial charge in [0.15, 0.2) is 11.5 Å². The van der Waals surface area contributed by atoms with Gasteiger partial charge < -0.3 is 19.7 Å². The highest BCUT2D eigenvalue weighted by Gasteiger charge is 2.56. The zero-order valence-electron chi connectivity index (χ0n) is 25.2. The van der Waals surface area contributed by atoms with Crippen LogP contribution in [0.3, 0.4) is 0 Å². The van der Waals surface area contributed by atoms with Crippen LogP contribution in [0.2, 0.25) is 0 Å². The molecule has 1 aromatic rings. The van der Waals surface area contributed by atoms with E-state index in [0.29, 0.717) is 44.6 Å². The molecule has 0 bridgehead atoms. The molecule has 1 aromatic carbocycles. The van der Waals surface area contributed by atoms with Crippen molar-refractivity contribution >= 4 is 46.5 Å². The van der Waals surface area contributed by atoms with Crippen LogP contribution in [0.4, 0.5) is 0 Å². The van der Waals surface area contributed by atoms with E-state index in [0.717, 1.165) is 34.8 Å². The number of imide groups is 1. The maximum absolute atomic E-state index is 13.6. The summed E-state index contributed by atoms with van der Waals surface area (Å²) >= 11 is 2.12. The van der Waals surface area contributed by atoms with E-state index in [2.05, 4.69) is 49.4 Å². The molecule has 2 aliphatic heterocycles. The zero-order valence-corrected chi connectivity index (χ0v) is 27.3. The van der Waals surface area contributed by atoms with Crippen LogP contribution in [0.5, 0.6) is 11.5 Å². The van der Waals surface area contributed by atoms with Gasteiger partial charge in [-0.2, -0.15) is 0 Å². The summed E-state index contributed by atoms with van der Waals surface area (Å²) in [6, 6.07) is 3.81. The fraction of sp³-hybridized carbons (Fsp3) is 0.606. The molecular weight excluding hydrogens is 649 g/mol. The third-order valence-corrected chi connectivity index (χ3v) is 9.77. The van der Waals surface area contributed by atoms with Crippen molar-refractivity contribution in [2.45, 2.75) is 84.7 Å². The molecule has 2 heterocycles. The van der Waals surface area contributed by atoms with E-state index >= 15 is 0 Å². The fourth-order valence-electron chi connectivity index (χ4n) is 6.94. The van der Waals surface area contributed by atoms with Gasteiger partial charge in [0, 0.05) is 18.9 Å². The Labute approximate surface area is 262 Å². The molecule has 3 aliphatic rings. The number of allylic oxidation sites excluding steroid dienone is 2. The number of methoxy groups -OCH3 is 1. The molecule has 2 N–H and O–H groups in total. The second kappa shape index (κ2) is 14.4. The van der Waals surface area contributed by atoms with E-state index in [1.165, 1.54) is 21.6 Å². The predicted molar refractivity (Wildman–Crippen MR) is 169 cm³/mol. The number of hydrogen-bond donors (Lipinski definition) is 2. The van der Waals surface area contributed by atoms with Crippen molar-refractivity contribution in [2.24, 2.45) is 23.7 Å². The third kappa shape index (κ3) is 7.04. The number of likely N-dealkylation sites (tertiary alicyclic amines) is 1. The van der Waals surface area contributed by atoms with E-state index in [9.17, 15) is 19.5 Å². The van der Waals surface area contributed by atoms with Crippen molar-refractivity contribution in [1.82, 2.24) is 4.90 Å². The van der Waals surface area contributed by atoms with Crippen LogP contribution in [0.1, 0.15) is 84.1 Å². The van der Waals surface area contributed by atoms with Gasteiger partial charge in [0.1, 0.15) is 0 Å². The number of aliphatic carboxylic acids is 1. The predicted octanol–water partition coefficient (Wildman–Crippen LogP) is 6.59. The first-order valence-electron chi connectivity index (χ1n) is 15.2. The number of halogens is 1. The van der Waals surface area contributed by atoms with Crippen LogP contribution in [-0.2, 0) is 19.1 Å². The minimum atomic E-state index is -0.822. The van der Waals surface area contributed by atoms with Crippen LogP contribution in [0, 0.1) is 27.2 Å². The normalized spacial score (nSPS) is 24.0. The molecule has 0 saturated carbocycles. The van der Waals surface area contributed by atoms with Crippen molar-refractivity contribution < 1.29 is 34.1 Å². The summed E-state index contributed by atoms with van der Waals surface area (Å²) in [7, 11) is 1.55. The monoisotopic (exact) mass is 693 g/mol. The van der Waals surface area contributed by atoms with E-state index in [1.807, 2.05) is 12.1 Å². The molecule has 2 fully saturated rings. The summed E-state index contributed by atoms with van der Waals surface area (Å²) in [6.45, 7) is 7.32. The number of hydrogen-bond acceptors (Lipinski definition) is 6. The van der Waals surface area contributed by atoms with E-state index in [-0.39, 0.29) is 53.8 Å². The first kappa shape index (κ1) is 32.5. The summed E-state index contributed by atoms with van der Waals surface area (Å²) in [5.41, 5.74) is 4.80. The number of fused-ring (bicyclic) bond motifs is 3. The third-order valence-electron chi connectivity index (χ3n) is 8.94. The largest absolute Gasteiger partial charge is 0.504 e. The summed E-state index contributed by atoms with van der Waals surface area (Å²) in [4.78, 5) is 39.3. The van der Waals surface area contributed by atoms with Crippen LogP contribution < -0.4 is 4.74 Å². The minimum Gasteiger partial charge on any atom is -0.504 e. The second-order valence-electron chi connectivity index (χ2n) is 12.1. The molecule has 1 aliphatic carbocycles. The maximum Gasteiger partial charge on any atom is 0.303 e. The van der Waals surface area contributed by atoms with Crippen molar-refractivity contribution in [1.29, 1.82) is 0 Å². The van der Waals surface area contributed by atoms with Gasteiger partial charge in [-0.05, 0) is 90.3 Å². The highest BCUT2D eigenvalue weighted by atomic mass is 127. The lowest BCUT2D eigenvalue weighted by Gasteiger charge is -2.33. The number of carbonyl (C=O) groups is 3. The molecule has 4 rings (SSSR count). The number of nitrogens with zero attached hydrogens (tertiary/aromatic N) is 1. The van der Waals surface area contributed by atoms with Crippen molar-refractivity contribution in [2.75, 3.05) is 20.3 Å². The Morgan fingerprint density at radius 3 is 2.57 bits per heavy atom. The minimum absolute atomic E-state index is 0.0684. The molecule has 42 heavy (non-hydrogen) atoms. The lowest BCUT2D eigenvalue weighted by Crippen LogP contribution is -2.35. The number of ether oxygens (including phenoxy) is 2. The van der Waals surface area contributed by atoms with E-state index in [4.69, 9.17) is 14.6 Å². The Bertz CT molecular complexity index is 1250. The fourth-order valence-corrected chi connectivity index (χ4v) is 7.57. The molecule has 0 aromatic heterocycles. The topological polar surface area (TPSA) is 113 Å². The number of unbranched alkanes of at least 4 members (excludes halogenated alkanes) is 2. The molecule has 0 radical (unpaired) electrons. The number of amides is 2. The van der Waals surface area contributed by atoms with Gasteiger partial charge in [-0.1, -0.05) is 50.8 Å². The Balaban J connectivity index is 1.49. The number of carboxylic acids is 1. The molecule has 0 spiro atoms. The average Bonchev–Trinajstić information content (AvgIpc) is 3.47.